The largest absolute Gasteiger partial charge is 0.449 e. The predicted molar refractivity (Wildman–Crippen MR) is 122 cm³/mol. The van der Waals surface area contributed by atoms with Gasteiger partial charge in [-0.05, 0) is 64.0 Å². The number of carbonyl (C=O) groups is 2. The van der Waals surface area contributed by atoms with Crippen LogP contribution in [0.1, 0.15) is 11.1 Å². The van der Waals surface area contributed by atoms with Gasteiger partial charge < -0.3 is 4.74 Å². The van der Waals surface area contributed by atoms with Crippen LogP contribution in [0.15, 0.2) is 76.8 Å². The van der Waals surface area contributed by atoms with Crippen LogP contribution >= 0.6 is 15.9 Å². The first-order valence-corrected chi connectivity index (χ1v) is 10.6. The van der Waals surface area contributed by atoms with Crippen molar-refractivity contribution < 1.29 is 32.4 Å². The summed E-state index contributed by atoms with van der Waals surface area (Å²) in [5.41, 5.74) is 1.24. The third kappa shape index (κ3) is 5.01. The molecule has 0 atom stereocenters. The van der Waals surface area contributed by atoms with Gasteiger partial charge in [-0.15, -0.1) is 0 Å². The van der Waals surface area contributed by atoms with Gasteiger partial charge in [0.25, 0.3) is 11.8 Å². The lowest BCUT2D eigenvalue weighted by molar-refractivity contribution is -0.385. The van der Waals surface area contributed by atoms with Crippen molar-refractivity contribution in [3.63, 3.8) is 0 Å². The number of rotatable bonds is 5. The number of halogens is 4. The van der Waals surface area contributed by atoms with Gasteiger partial charge in [0.05, 0.1) is 20.6 Å². The van der Waals surface area contributed by atoms with E-state index in [0.29, 0.717) is 23.4 Å². The molecule has 3 aromatic carbocycles. The zero-order chi connectivity index (χ0) is 25.3. The fraction of sp³-hybridized carbons (Fsp3) is 0.0435. The van der Waals surface area contributed by atoms with Crippen molar-refractivity contribution in [1.29, 1.82) is 0 Å². The first-order chi connectivity index (χ1) is 16.5. The van der Waals surface area contributed by atoms with Crippen LogP contribution in [0.2, 0.25) is 0 Å². The summed E-state index contributed by atoms with van der Waals surface area (Å²) in [6.07, 6.45) is -3.39. The number of carbonyl (C=O) groups excluding carboxylic acids is 2. The quantitative estimate of drug-likeness (QED) is 0.193. The Hall–Kier alpha value is -4.19. The molecule has 0 bridgehead atoms. The fourth-order valence-corrected chi connectivity index (χ4v) is 3.69. The van der Waals surface area contributed by atoms with E-state index in [9.17, 15) is 32.9 Å². The van der Waals surface area contributed by atoms with Gasteiger partial charge in [-0.1, -0.05) is 24.3 Å². The highest BCUT2D eigenvalue weighted by molar-refractivity contribution is 9.10. The summed E-state index contributed by atoms with van der Waals surface area (Å²) in [7, 11) is 0. The van der Waals surface area contributed by atoms with Crippen LogP contribution in [0, 0.1) is 10.1 Å². The number of alkyl halides is 3. The van der Waals surface area contributed by atoms with Crippen LogP contribution in [0.25, 0.3) is 6.08 Å². The SMILES string of the molecule is O=C1NN(c2ccccc2)C(=O)/C1=C\c1ccc(Oc2ccc(C(F)(F)F)cc2[N+](=O)[O-])c(Br)c1. The molecule has 3 aromatic rings. The standard InChI is InChI=1S/C23H13BrF3N3O5/c24-17-11-13(10-16-21(31)28-29(22(16)32)15-4-2-1-3-5-15)6-8-19(17)35-20-9-7-14(23(25,26)27)12-18(20)30(33)34/h1-12H,(H,28,31)/b16-10-. The molecule has 0 aromatic heterocycles. The van der Waals surface area contributed by atoms with Crippen LogP contribution in [-0.2, 0) is 15.8 Å². The topological polar surface area (TPSA) is 102 Å². The summed E-state index contributed by atoms with van der Waals surface area (Å²) in [5.74, 6) is -1.48. The lowest BCUT2D eigenvalue weighted by Crippen LogP contribution is -2.35. The van der Waals surface area contributed by atoms with Crippen molar-refractivity contribution in [3.8, 4) is 11.5 Å². The molecule has 178 valence electrons. The van der Waals surface area contributed by atoms with E-state index in [1.54, 1.807) is 30.3 Å². The minimum Gasteiger partial charge on any atom is -0.449 e. The Labute approximate surface area is 203 Å². The van der Waals surface area contributed by atoms with E-state index >= 15 is 0 Å². The molecule has 1 saturated heterocycles. The second-order valence-electron chi connectivity index (χ2n) is 7.20. The number of ether oxygens (including phenoxy) is 1. The van der Waals surface area contributed by atoms with Crippen LogP contribution in [0.4, 0.5) is 24.5 Å². The minimum atomic E-state index is -4.75. The molecule has 35 heavy (non-hydrogen) atoms. The lowest BCUT2D eigenvalue weighted by atomic mass is 10.1. The highest BCUT2D eigenvalue weighted by atomic mass is 79.9. The average molecular weight is 548 g/mol. The first-order valence-electron chi connectivity index (χ1n) is 9.80. The Morgan fingerprint density at radius 2 is 1.69 bits per heavy atom. The third-order valence-corrected chi connectivity index (χ3v) is 5.50. The van der Waals surface area contributed by atoms with Gasteiger partial charge in [0.2, 0.25) is 5.75 Å². The number of nitrogens with one attached hydrogen (secondary N) is 1. The highest BCUT2D eigenvalue weighted by Crippen LogP contribution is 2.39. The highest BCUT2D eigenvalue weighted by Gasteiger charge is 2.35. The van der Waals surface area contributed by atoms with Crippen LogP contribution < -0.4 is 15.2 Å². The molecule has 1 fully saturated rings. The number of nitro benzene ring substituents is 1. The Bertz CT molecular complexity index is 1380. The van der Waals surface area contributed by atoms with E-state index in [-0.39, 0.29) is 15.8 Å². The number of nitrogens with zero attached hydrogens (tertiary/aromatic N) is 2. The summed E-state index contributed by atoms with van der Waals surface area (Å²) < 4.78 is 44.5. The molecule has 8 nitrogen and oxygen atoms in total. The monoisotopic (exact) mass is 547 g/mol. The summed E-state index contributed by atoms with van der Waals surface area (Å²) in [4.78, 5) is 35.4. The number of nitro groups is 1. The number of hydrazine groups is 1. The van der Waals surface area contributed by atoms with Crippen molar-refractivity contribution >= 4 is 45.2 Å². The summed E-state index contributed by atoms with van der Waals surface area (Å²) in [5, 5.41) is 12.4. The van der Waals surface area contributed by atoms with E-state index < -0.39 is 39.9 Å². The number of hydrogen-bond acceptors (Lipinski definition) is 5. The molecule has 0 aliphatic carbocycles. The number of amides is 2. The van der Waals surface area contributed by atoms with Gasteiger partial charge >= 0.3 is 11.9 Å². The molecule has 12 heteroatoms. The number of anilines is 1. The molecular formula is C23H13BrF3N3O5. The number of hydrogen-bond donors (Lipinski definition) is 1. The van der Waals surface area contributed by atoms with Crippen molar-refractivity contribution in [1.82, 2.24) is 5.43 Å². The molecule has 1 aliphatic heterocycles. The lowest BCUT2D eigenvalue weighted by Gasteiger charge is -2.13. The molecule has 2 amide bonds. The summed E-state index contributed by atoms with van der Waals surface area (Å²) >= 11 is 3.24. The van der Waals surface area contributed by atoms with Gasteiger partial charge in [0, 0.05) is 6.07 Å². The maximum Gasteiger partial charge on any atom is 0.416 e. The van der Waals surface area contributed by atoms with Crippen molar-refractivity contribution in [3.05, 3.63) is 98.0 Å². The van der Waals surface area contributed by atoms with Gasteiger partial charge in [-0.2, -0.15) is 13.2 Å². The summed E-state index contributed by atoms with van der Waals surface area (Å²) in [6, 6.07) is 14.8. The van der Waals surface area contributed by atoms with Crippen LogP contribution in [0.5, 0.6) is 11.5 Å². The molecule has 0 spiro atoms. The molecule has 0 unspecified atom stereocenters. The maximum absolute atomic E-state index is 12.9. The smallest absolute Gasteiger partial charge is 0.416 e. The van der Waals surface area contributed by atoms with Crippen molar-refractivity contribution in [2.45, 2.75) is 6.18 Å². The summed E-state index contributed by atoms with van der Waals surface area (Å²) in [6.45, 7) is 0. The zero-order valence-electron chi connectivity index (χ0n) is 17.4. The van der Waals surface area contributed by atoms with Crippen LogP contribution in [-0.4, -0.2) is 16.7 Å². The maximum atomic E-state index is 12.9. The molecule has 4 rings (SSSR count). The van der Waals surface area contributed by atoms with E-state index in [2.05, 4.69) is 21.4 Å². The molecule has 1 heterocycles. The Balaban J connectivity index is 1.59. The number of para-hydroxylation sites is 1. The molecule has 0 saturated carbocycles. The van der Waals surface area contributed by atoms with E-state index in [1.807, 2.05) is 0 Å². The predicted octanol–water partition coefficient (Wildman–Crippen LogP) is 5.63. The van der Waals surface area contributed by atoms with Crippen molar-refractivity contribution in [2.24, 2.45) is 0 Å². The second kappa shape index (κ2) is 9.22. The minimum absolute atomic E-state index is 0.0723. The van der Waals surface area contributed by atoms with E-state index in [0.717, 1.165) is 11.1 Å². The zero-order valence-corrected chi connectivity index (χ0v) is 19.0. The van der Waals surface area contributed by atoms with Gasteiger partial charge in [-0.3, -0.25) is 25.1 Å². The van der Waals surface area contributed by atoms with E-state index in [1.165, 1.54) is 24.3 Å². The van der Waals surface area contributed by atoms with E-state index in [4.69, 9.17) is 4.74 Å². The number of benzene rings is 3. The third-order valence-electron chi connectivity index (χ3n) is 4.88. The molecular weight excluding hydrogens is 535 g/mol. The molecule has 0 radical (unpaired) electrons. The Morgan fingerprint density at radius 1 is 1.00 bits per heavy atom. The van der Waals surface area contributed by atoms with Gasteiger partial charge in [-0.25, -0.2) is 5.01 Å². The van der Waals surface area contributed by atoms with Crippen LogP contribution in [0.3, 0.4) is 0 Å². The molecule has 1 aliphatic rings. The Morgan fingerprint density at radius 3 is 2.31 bits per heavy atom. The fourth-order valence-electron chi connectivity index (χ4n) is 3.21. The van der Waals surface area contributed by atoms with Gasteiger partial charge in [0.1, 0.15) is 11.3 Å². The second-order valence-corrected chi connectivity index (χ2v) is 8.06. The Kier molecular flexibility index (Phi) is 6.31. The average Bonchev–Trinajstić information content (AvgIpc) is 3.09. The normalized spacial score (nSPS) is 14.9. The first kappa shape index (κ1) is 24.0. The molecule has 1 N–H and O–H groups in total. The van der Waals surface area contributed by atoms with Gasteiger partial charge in [0.15, 0.2) is 0 Å². The van der Waals surface area contributed by atoms with Crippen molar-refractivity contribution in [2.75, 3.05) is 5.01 Å².